The first kappa shape index (κ1) is 23.2. The molecule has 2 aromatic carbocycles. The molecule has 4 aromatic rings. The van der Waals surface area contributed by atoms with E-state index in [1.807, 2.05) is 18.3 Å². The Morgan fingerprint density at radius 2 is 1.49 bits per heavy atom. The molecule has 1 fully saturated rings. The molecule has 6 nitrogen and oxygen atoms in total. The van der Waals surface area contributed by atoms with Crippen LogP contribution in [0.2, 0.25) is 0 Å². The number of piperazine rings is 1. The fraction of sp³-hybridized carbons (Fsp3) is 0.345. The van der Waals surface area contributed by atoms with Crippen molar-refractivity contribution in [3.8, 4) is 34.0 Å². The van der Waals surface area contributed by atoms with Crippen LogP contribution in [0.3, 0.4) is 0 Å². The zero-order chi connectivity index (χ0) is 24.5. The van der Waals surface area contributed by atoms with Gasteiger partial charge < -0.3 is 18.9 Å². The van der Waals surface area contributed by atoms with E-state index in [0.29, 0.717) is 6.04 Å². The van der Waals surface area contributed by atoms with Gasteiger partial charge in [-0.15, -0.1) is 0 Å². The van der Waals surface area contributed by atoms with Gasteiger partial charge in [0.15, 0.2) is 11.5 Å². The van der Waals surface area contributed by atoms with E-state index in [1.165, 1.54) is 5.69 Å². The third kappa shape index (κ3) is 4.46. The molecule has 3 heterocycles. The Kier molecular flexibility index (Phi) is 6.39. The summed E-state index contributed by atoms with van der Waals surface area (Å²) < 4.78 is 13.1. The number of anilines is 1. The molecule has 1 aliphatic rings. The number of benzene rings is 2. The van der Waals surface area contributed by atoms with Crippen LogP contribution in [0.4, 0.5) is 5.69 Å². The van der Waals surface area contributed by atoms with Crippen LogP contribution < -0.4 is 14.4 Å². The first-order chi connectivity index (χ1) is 17.0. The van der Waals surface area contributed by atoms with Gasteiger partial charge in [0.25, 0.3) is 0 Å². The molecule has 0 N–H and O–H groups in total. The largest absolute Gasteiger partial charge is 0.493 e. The number of aromatic nitrogens is 2. The molecule has 6 heteroatoms. The number of methoxy groups -OCH3 is 2. The molecule has 0 aliphatic carbocycles. The van der Waals surface area contributed by atoms with Gasteiger partial charge in [0.1, 0.15) is 0 Å². The van der Waals surface area contributed by atoms with Crippen LogP contribution in [0, 0.1) is 0 Å². The number of ether oxygens (including phenoxy) is 2. The van der Waals surface area contributed by atoms with Gasteiger partial charge in [0, 0.05) is 73.4 Å². The van der Waals surface area contributed by atoms with Gasteiger partial charge in [0.05, 0.1) is 25.4 Å². The van der Waals surface area contributed by atoms with Crippen molar-refractivity contribution in [2.75, 3.05) is 45.3 Å². The monoisotopic (exact) mass is 470 g/mol. The van der Waals surface area contributed by atoms with E-state index < -0.39 is 0 Å². The Morgan fingerprint density at radius 3 is 2.14 bits per heavy atom. The van der Waals surface area contributed by atoms with Gasteiger partial charge in [0.2, 0.25) is 0 Å². The summed E-state index contributed by atoms with van der Waals surface area (Å²) >= 11 is 0. The predicted octanol–water partition coefficient (Wildman–Crippen LogP) is 5.45. The molecular weight excluding hydrogens is 436 g/mol. The highest BCUT2D eigenvalue weighted by Crippen LogP contribution is 2.35. The molecule has 0 atom stereocenters. The standard InChI is InChI=1S/C29H34N4O2/c1-20(2)32-12-14-33(15-13-32)24-9-6-21(7-10-24)25-18-27-23(19-30-25)16-26(31(27)3)22-8-11-28(34-4)29(17-22)35-5/h6-11,16-20H,12-15H2,1-5H3. The highest BCUT2D eigenvalue weighted by molar-refractivity contribution is 5.89. The maximum Gasteiger partial charge on any atom is 0.161 e. The lowest BCUT2D eigenvalue weighted by molar-refractivity contribution is 0.209. The van der Waals surface area contributed by atoms with Crippen molar-refractivity contribution in [2.45, 2.75) is 19.9 Å². The molecule has 5 rings (SSSR count). The molecule has 0 bridgehead atoms. The normalized spacial score (nSPS) is 14.6. The lowest BCUT2D eigenvalue weighted by Crippen LogP contribution is -2.48. The number of hydrogen-bond donors (Lipinski definition) is 0. The Labute approximate surface area is 207 Å². The van der Waals surface area contributed by atoms with Crippen molar-refractivity contribution in [1.29, 1.82) is 0 Å². The van der Waals surface area contributed by atoms with Crippen molar-refractivity contribution in [1.82, 2.24) is 14.5 Å². The maximum atomic E-state index is 5.51. The molecule has 1 saturated heterocycles. The second-order valence-corrected chi connectivity index (χ2v) is 9.45. The number of aryl methyl sites for hydroxylation is 1. The fourth-order valence-corrected chi connectivity index (χ4v) is 5.00. The summed E-state index contributed by atoms with van der Waals surface area (Å²) in [6.07, 6.45) is 1.97. The van der Waals surface area contributed by atoms with Crippen LogP contribution in [0.1, 0.15) is 13.8 Å². The second-order valence-electron chi connectivity index (χ2n) is 9.45. The highest BCUT2D eigenvalue weighted by atomic mass is 16.5. The Hall–Kier alpha value is -3.51. The maximum absolute atomic E-state index is 5.51. The average molecular weight is 471 g/mol. The van der Waals surface area contributed by atoms with Crippen molar-refractivity contribution in [3.63, 3.8) is 0 Å². The number of fused-ring (bicyclic) bond motifs is 1. The second kappa shape index (κ2) is 9.62. The van der Waals surface area contributed by atoms with Gasteiger partial charge in [-0.05, 0) is 56.3 Å². The Balaban J connectivity index is 1.40. The zero-order valence-corrected chi connectivity index (χ0v) is 21.3. The summed E-state index contributed by atoms with van der Waals surface area (Å²) in [5, 5.41) is 1.11. The van der Waals surface area contributed by atoms with E-state index in [2.05, 4.69) is 77.7 Å². The minimum atomic E-state index is 0.616. The van der Waals surface area contributed by atoms with Crippen LogP contribution >= 0.6 is 0 Å². The Bertz CT molecular complexity index is 1320. The van der Waals surface area contributed by atoms with E-state index >= 15 is 0 Å². The van der Waals surface area contributed by atoms with Gasteiger partial charge >= 0.3 is 0 Å². The van der Waals surface area contributed by atoms with Gasteiger partial charge in [-0.3, -0.25) is 9.88 Å². The predicted molar refractivity (Wildman–Crippen MR) is 144 cm³/mol. The van der Waals surface area contributed by atoms with Crippen LogP contribution in [-0.4, -0.2) is 60.9 Å². The molecule has 0 spiro atoms. The van der Waals surface area contributed by atoms with E-state index in [4.69, 9.17) is 14.5 Å². The average Bonchev–Trinajstić information content (AvgIpc) is 3.24. The summed E-state index contributed by atoms with van der Waals surface area (Å²) in [6.45, 7) is 8.94. The molecule has 0 unspecified atom stereocenters. The topological polar surface area (TPSA) is 42.8 Å². The molecule has 182 valence electrons. The molecule has 0 saturated carbocycles. The lowest BCUT2D eigenvalue weighted by atomic mass is 10.1. The van der Waals surface area contributed by atoms with Gasteiger partial charge in [-0.25, -0.2) is 0 Å². The first-order valence-corrected chi connectivity index (χ1v) is 12.3. The van der Waals surface area contributed by atoms with Crippen LogP contribution in [0.5, 0.6) is 11.5 Å². The van der Waals surface area contributed by atoms with Crippen LogP contribution in [0.25, 0.3) is 33.4 Å². The molecule has 1 aliphatic heterocycles. The SMILES string of the molecule is COc1ccc(-c2cc3cnc(-c4ccc(N5CCN(C(C)C)CC5)cc4)cc3n2C)cc1OC. The summed E-state index contributed by atoms with van der Waals surface area (Å²) in [6, 6.07) is 19.8. The number of hydrogen-bond acceptors (Lipinski definition) is 5. The Morgan fingerprint density at radius 1 is 0.800 bits per heavy atom. The quantitative estimate of drug-likeness (QED) is 0.375. The molecular formula is C29H34N4O2. The molecule has 0 amide bonds. The third-order valence-corrected chi connectivity index (χ3v) is 7.18. The minimum Gasteiger partial charge on any atom is -0.493 e. The zero-order valence-electron chi connectivity index (χ0n) is 21.3. The van der Waals surface area contributed by atoms with Crippen molar-refractivity contribution in [2.24, 2.45) is 7.05 Å². The van der Waals surface area contributed by atoms with Crippen molar-refractivity contribution >= 4 is 16.6 Å². The molecule has 35 heavy (non-hydrogen) atoms. The summed E-state index contributed by atoms with van der Waals surface area (Å²) in [5.41, 5.74) is 6.72. The number of nitrogens with zero attached hydrogens (tertiary/aromatic N) is 4. The molecule has 2 aromatic heterocycles. The van der Waals surface area contributed by atoms with Crippen LogP contribution in [-0.2, 0) is 7.05 Å². The first-order valence-electron chi connectivity index (χ1n) is 12.3. The number of pyridine rings is 1. The summed E-state index contributed by atoms with van der Waals surface area (Å²) in [4.78, 5) is 9.80. The van der Waals surface area contributed by atoms with E-state index in [9.17, 15) is 0 Å². The summed E-state index contributed by atoms with van der Waals surface area (Å²) in [7, 11) is 5.41. The van der Waals surface area contributed by atoms with Crippen molar-refractivity contribution < 1.29 is 9.47 Å². The van der Waals surface area contributed by atoms with Gasteiger partial charge in [-0.1, -0.05) is 12.1 Å². The minimum absolute atomic E-state index is 0.616. The third-order valence-electron chi connectivity index (χ3n) is 7.18. The fourth-order valence-electron chi connectivity index (χ4n) is 5.00. The van der Waals surface area contributed by atoms with E-state index in [0.717, 1.165) is 71.1 Å². The van der Waals surface area contributed by atoms with Crippen LogP contribution in [0.15, 0.2) is 60.8 Å². The van der Waals surface area contributed by atoms with Crippen molar-refractivity contribution in [3.05, 3.63) is 60.8 Å². The molecule has 0 radical (unpaired) electrons. The highest BCUT2D eigenvalue weighted by Gasteiger charge is 2.19. The van der Waals surface area contributed by atoms with Gasteiger partial charge in [-0.2, -0.15) is 0 Å². The number of rotatable bonds is 6. The van der Waals surface area contributed by atoms with E-state index in [-0.39, 0.29) is 0 Å². The lowest BCUT2D eigenvalue weighted by Gasteiger charge is -2.38. The smallest absolute Gasteiger partial charge is 0.161 e. The summed E-state index contributed by atoms with van der Waals surface area (Å²) in [5.74, 6) is 1.45. The van der Waals surface area contributed by atoms with E-state index in [1.54, 1.807) is 14.2 Å².